The van der Waals surface area contributed by atoms with Crippen LogP contribution >= 0.6 is 0 Å². The van der Waals surface area contributed by atoms with Crippen molar-refractivity contribution in [3.8, 4) is 0 Å². The second-order valence-electron chi connectivity index (χ2n) is 5.64. The summed E-state index contributed by atoms with van der Waals surface area (Å²) < 4.78 is 7.38. The Bertz CT molecular complexity index is 630. The minimum absolute atomic E-state index is 0.117. The summed E-state index contributed by atoms with van der Waals surface area (Å²) >= 11 is -0.842. The molecule has 1 nitrogen and oxygen atoms in total. The maximum atomic E-state index is 4.93. The van der Waals surface area contributed by atoms with Gasteiger partial charge in [0.25, 0.3) is 0 Å². The first-order valence-electron chi connectivity index (χ1n) is 6.84. The van der Waals surface area contributed by atoms with E-state index in [2.05, 4.69) is 80.6 Å². The van der Waals surface area contributed by atoms with Crippen molar-refractivity contribution >= 4 is 10.1 Å². The number of rotatable bonds is 3. The molecule has 2 aromatic rings. The molecule has 2 rings (SSSR count). The monoisotopic (exact) mass is 435 g/mol. The van der Waals surface area contributed by atoms with Crippen LogP contribution in [-0.2, 0) is 23.3 Å². The van der Waals surface area contributed by atoms with Crippen molar-refractivity contribution in [2.75, 3.05) is 0 Å². The molecule has 0 aromatic heterocycles. The molecule has 0 fully saturated rings. The van der Waals surface area contributed by atoms with Gasteiger partial charge in [0.1, 0.15) is 0 Å². The average molecular weight is 435 g/mol. The normalized spacial score (nSPS) is 11.0. The first-order valence-corrected chi connectivity index (χ1v) is 9.84. The molecule has 0 N–H and O–H groups in total. The summed E-state index contributed by atoms with van der Waals surface area (Å²) in [5, 5.41) is 0. The van der Waals surface area contributed by atoms with E-state index in [1.54, 1.807) is 0 Å². The second-order valence-corrected chi connectivity index (χ2v) is 7.90. The number of aryl methyl sites for hydroxylation is 2. The minimum atomic E-state index is -0.842. The van der Waals surface area contributed by atoms with Crippen LogP contribution in [0.4, 0.5) is 5.69 Å². The number of hydrogen-bond donors (Lipinski definition) is 0. The van der Waals surface area contributed by atoms with E-state index in [1.165, 1.54) is 22.4 Å². The molecule has 2 aromatic carbocycles. The summed E-state index contributed by atoms with van der Waals surface area (Å²) in [5.41, 5.74) is 5.27. The molecule has 0 aliphatic heterocycles. The molecule has 0 bridgehead atoms. The van der Waals surface area contributed by atoms with Gasteiger partial charge in [-0.05, 0) is 0 Å². The Balaban J connectivity index is 2.31. The number of hydrogen-bond acceptors (Lipinski definition) is 1. The Morgan fingerprint density at radius 1 is 0.900 bits per heavy atom. The molecular weight excluding hydrogens is 414 g/mol. The van der Waals surface area contributed by atoms with Crippen LogP contribution in [0.1, 0.15) is 30.5 Å². The zero-order chi connectivity index (χ0) is 14.6. The van der Waals surface area contributed by atoms with Crippen LogP contribution in [0.3, 0.4) is 0 Å². The summed E-state index contributed by atoms with van der Waals surface area (Å²) in [5.74, 6) is 0. The molecule has 20 heavy (non-hydrogen) atoms. The third-order valence-corrected chi connectivity index (χ3v) is 6.98. The third kappa shape index (κ3) is 3.67. The molecule has 0 amide bonds. The van der Waals surface area contributed by atoms with Crippen LogP contribution in [0.25, 0.3) is 0 Å². The van der Waals surface area contributed by atoms with Gasteiger partial charge in [-0.2, -0.15) is 0 Å². The van der Waals surface area contributed by atoms with Crippen molar-refractivity contribution in [1.29, 1.82) is 0 Å². The Morgan fingerprint density at radius 3 is 2.10 bits per heavy atom. The van der Waals surface area contributed by atoms with E-state index in [9.17, 15) is 0 Å². The van der Waals surface area contributed by atoms with E-state index < -0.39 is 17.9 Å². The zero-order valence-corrected chi connectivity index (χ0v) is 15.5. The fourth-order valence-electron chi connectivity index (χ4n) is 2.10. The van der Waals surface area contributed by atoms with Crippen LogP contribution in [0.15, 0.2) is 52.0 Å². The number of nitrogens with zero attached hydrogens (tertiary/aromatic N) is 1. The van der Waals surface area contributed by atoms with Gasteiger partial charge in [-0.3, -0.25) is 0 Å². The molecule has 0 spiro atoms. The predicted octanol–water partition coefficient (Wildman–Crippen LogP) is 4.98. The van der Waals surface area contributed by atoms with Gasteiger partial charge in [0.2, 0.25) is 0 Å². The average Bonchev–Trinajstić information content (AvgIpc) is 2.43. The second kappa shape index (κ2) is 6.50. The van der Waals surface area contributed by atoms with Gasteiger partial charge in [-0.15, -0.1) is 0 Å². The molecule has 0 aliphatic rings. The maximum absolute atomic E-state index is 4.93. The van der Waals surface area contributed by atoms with Crippen molar-refractivity contribution in [2.45, 2.75) is 33.1 Å². The third-order valence-electron chi connectivity index (χ3n) is 3.45. The van der Waals surface area contributed by atoms with Gasteiger partial charge in [0.15, 0.2) is 0 Å². The van der Waals surface area contributed by atoms with Crippen LogP contribution in [-0.4, -0.2) is 4.40 Å². The first kappa shape index (κ1) is 15.2. The van der Waals surface area contributed by atoms with Gasteiger partial charge in [-0.1, -0.05) is 0 Å². The molecule has 104 valence electrons. The topological polar surface area (TPSA) is 12.4 Å². The molecule has 0 unspecified atom stereocenters. The van der Waals surface area contributed by atoms with Crippen molar-refractivity contribution < 1.29 is 17.9 Å². The Labute approximate surface area is 130 Å². The molecule has 0 atom stereocenters. The molecule has 0 aliphatic carbocycles. The molecule has 0 saturated carbocycles. The summed E-state index contributed by atoms with van der Waals surface area (Å²) in [6.07, 6.45) is 0. The quantitative estimate of drug-likeness (QED) is 0.645. The molecule has 0 radical (unpaired) electrons. The predicted molar refractivity (Wildman–Crippen MR) is 83.5 cm³/mol. The molecule has 2 heteroatoms. The van der Waals surface area contributed by atoms with Crippen molar-refractivity contribution in [3.63, 3.8) is 0 Å². The summed E-state index contributed by atoms with van der Waals surface area (Å²) in [4.78, 5) is 0. The van der Waals surface area contributed by atoms with E-state index in [4.69, 9.17) is 3.50 Å². The van der Waals surface area contributed by atoms with Crippen molar-refractivity contribution in [3.05, 3.63) is 65.2 Å². The van der Waals surface area contributed by atoms with Gasteiger partial charge in [0.05, 0.1) is 0 Å². The first-order chi connectivity index (χ1) is 9.50. The summed E-state index contributed by atoms with van der Waals surface area (Å²) in [6, 6.07) is 17.1. The van der Waals surface area contributed by atoms with Crippen LogP contribution in [0, 0.1) is 13.8 Å². The van der Waals surface area contributed by atoms with E-state index >= 15 is 0 Å². The van der Waals surface area contributed by atoms with E-state index in [0.717, 1.165) is 0 Å². The van der Waals surface area contributed by atoms with Crippen LogP contribution < -0.4 is 0 Å². The Hall–Kier alpha value is -1.20. The van der Waals surface area contributed by atoms with E-state index in [0.29, 0.717) is 0 Å². The molecule has 0 heterocycles. The van der Waals surface area contributed by atoms with Gasteiger partial charge in [-0.25, -0.2) is 0 Å². The van der Waals surface area contributed by atoms with E-state index in [-0.39, 0.29) is 5.41 Å². The van der Waals surface area contributed by atoms with Gasteiger partial charge in [0, 0.05) is 0 Å². The Morgan fingerprint density at radius 2 is 1.50 bits per heavy atom. The van der Waals surface area contributed by atoms with Gasteiger partial charge < -0.3 is 0 Å². The fraction of sp³-hybridized carbons (Fsp3) is 0.278. The van der Waals surface area contributed by atoms with Crippen molar-refractivity contribution in [2.24, 2.45) is 3.50 Å². The standard InChI is InChI=1S/C10H12.C8H9N.W/c1-10(2,3)9-7-5-4-6-8-9;1-6-4-3-5-7(2)8(6)9;/h1,4-8H,2-3H3;3-5H,1-2H3;. The fourth-order valence-corrected chi connectivity index (χ4v) is 5.13. The Kier molecular flexibility index (Phi) is 4.94. The molecule has 0 saturated heterocycles. The van der Waals surface area contributed by atoms with Gasteiger partial charge >= 0.3 is 130 Å². The summed E-state index contributed by atoms with van der Waals surface area (Å²) in [6.45, 7) is 8.85. The van der Waals surface area contributed by atoms with Crippen LogP contribution in [0.5, 0.6) is 0 Å². The summed E-state index contributed by atoms with van der Waals surface area (Å²) in [7, 11) is 0. The zero-order valence-electron chi connectivity index (χ0n) is 12.6. The van der Waals surface area contributed by atoms with Crippen LogP contribution in [0.2, 0.25) is 0 Å². The van der Waals surface area contributed by atoms with Crippen molar-refractivity contribution in [1.82, 2.24) is 0 Å². The SMILES string of the molecule is Cc1cccc(C)c1[N]=[W]=[CH]C(C)(C)c1ccccc1. The van der Waals surface area contributed by atoms with E-state index in [1.807, 2.05) is 0 Å². The number of benzene rings is 2. The molecular formula is C18H21NW.